The maximum atomic E-state index is 11.1. The minimum absolute atomic E-state index is 0.104. The monoisotopic (exact) mass is 171 g/mol. The molecule has 1 aliphatic rings. The van der Waals surface area contributed by atoms with Crippen LogP contribution < -0.4 is 5.73 Å². The van der Waals surface area contributed by atoms with Gasteiger partial charge in [0, 0.05) is 0 Å². The van der Waals surface area contributed by atoms with E-state index < -0.39 is 6.04 Å². The van der Waals surface area contributed by atoms with Gasteiger partial charge in [-0.1, -0.05) is 13.8 Å². The van der Waals surface area contributed by atoms with E-state index in [0.717, 1.165) is 0 Å². The van der Waals surface area contributed by atoms with Crippen LogP contribution in [0.4, 0.5) is 0 Å². The van der Waals surface area contributed by atoms with Gasteiger partial charge in [0.2, 0.25) is 0 Å². The number of ether oxygens (including phenoxy) is 1. The van der Waals surface area contributed by atoms with Gasteiger partial charge in [-0.25, -0.2) is 0 Å². The summed E-state index contributed by atoms with van der Waals surface area (Å²) in [6.45, 7) is 4.07. The van der Waals surface area contributed by atoms with Crippen molar-refractivity contribution < 1.29 is 9.53 Å². The van der Waals surface area contributed by atoms with Crippen LogP contribution in [0, 0.1) is 11.3 Å². The van der Waals surface area contributed by atoms with Crippen molar-refractivity contribution in [2.75, 3.05) is 7.11 Å². The Morgan fingerprint density at radius 2 is 2.08 bits per heavy atom. The van der Waals surface area contributed by atoms with Crippen molar-refractivity contribution in [3.05, 3.63) is 0 Å². The van der Waals surface area contributed by atoms with Crippen LogP contribution in [0.2, 0.25) is 0 Å². The van der Waals surface area contributed by atoms with Crippen LogP contribution in [0.25, 0.3) is 0 Å². The first-order valence-electron chi connectivity index (χ1n) is 4.33. The third-order valence-corrected chi connectivity index (χ3v) is 2.89. The summed E-state index contributed by atoms with van der Waals surface area (Å²) < 4.78 is 4.61. The largest absolute Gasteiger partial charge is 0.468 e. The third kappa shape index (κ3) is 1.61. The van der Waals surface area contributed by atoms with Crippen molar-refractivity contribution in [3.63, 3.8) is 0 Å². The molecule has 1 fully saturated rings. The molecule has 1 atom stereocenters. The lowest BCUT2D eigenvalue weighted by Crippen LogP contribution is -2.45. The molecule has 1 unspecified atom stereocenters. The van der Waals surface area contributed by atoms with E-state index in [2.05, 4.69) is 4.74 Å². The van der Waals surface area contributed by atoms with Gasteiger partial charge >= 0.3 is 5.97 Å². The minimum Gasteiger partial charge on any atom is -0.468 e. The van der Waals surface area contributed by atoms with Gasteiger partial charge < -0.3 is 10.5 Å². The molecule has 0 aromatic heterocycles. The topological polar surface area (TPSA) is 52.3 Å². The second-order valence-electron chi connectivity index (χ2n) is 4.10. The van der Waals surface area contributed by atoms with E-state index in [1.165, 1.54) is 20.0 Å². The molecule has 70 valence electrons. The molecule has 2 N–H and O–H groups in total. The Morgan fingerprint density at radius 3 is 2.42 bits per heavy atom. The van der Waals surface area contributed by atoms with Gasteiger partial charge in [0.25, 0.3) is 0 Å². The van der Waals surface area contributed by atoms with Crippen LogP contribution >= 0.6 is 0 Å². The molecular formula is C9H17NO2. The molecule has 0 aromatic rings. The molecule has 1 aliphatic carbocycles. The maximum absolute atomic E-state index is 11.1. The van der Waals surface area contributed by atoms with Crippen LogP contribution in [0.3, 0.4) is 0 Å². The molecule has 1 rings (SSSR count). The standard InChI is InChI=1S/C9H17NO2/c1-9(2,6-4-5-6)7(10)8(11)12-3/h6-7H,4-5,10H2,1-3H3. The van der Waals surface area contributed by atoms with Crippen LogP contribution in [-0.4, -0.2) is 19.1 Å². The smallest absolute Gasteiger partial charge is 0.323 e. The highest BCUT2D eigenvalue weighted by Gasteiger charge is 2.45. The number of carbonyl (C=O) groups excluding carboxylic acids is 1. The van der Waals surface area contributed by atoms with Crippen molar-refractivity contribution >= 4 is 5.97 Å². The molecular weight excluding hydrogens is 154 g/mol. The SMILES string of the molecule is COC(=O)C(N)C(C)(C)C1CC1. The van der Waals surface area contributed by atoms with Crippen LogP contribution in [0.15, 0.2) is 0 Å². The zero-order chi connectivity index (χ0) is 9.35. The Morgan fingerprint density at radius 1 is 1.58 bits per heavy atom. The van der Waals surface area contributed by atoms with E-state index in [-0.39, 0.29) is 11.4 Å². The first-order valence-corrected chi connectivity index (χ1v) is 4.33. The number of carbonyl (C=O) groups is 1. The van der Waals surface area contributed by atoms with E-state index in [9.17, 15) is 4.79 Å². The van der Waals surface area contributed by atoms with Crippen LogP contribution in [-0.2, 0) is 9.53 Å². The van der Waals surface area contributed by atoms with Crippen molar-refractivity contribution in [1.29, 1.82) is 0 Å². The van der Waals surface area contributed by atoms with Crippen molar-refractivity contribution in [1.82, 2.24) is 0 Å². The Labute approximate surface area is 73.3 Å². The van der Waals surface area contributed by atoms with Crippen LogP contribution in [0.1, 0.15) is 26.7 Å². The Kier molecular flexibility index (Phi) is 2.42. The van der Waals surface area contributed by atoms with Gasteiger partial charge in [0.05, 0.1) is 7.11 Å². The Balaban J connectivity index is 2.59. The molecule has 1 saturated carbocycles. The number of esters is 1. The van der Waals surface area contributed by atoms with Crippen LogP contribution in [0.5, 0.6) is 0 Å². The fourth-order valence-corrected chi connectivity index (χ4v) is 1.51. The minimum atomic E-state index is -0.477. The summed E-state index contributed by atoms with van der Waals surface area (Å²) in [7, 11) is 1.38. The number of methoxy groups -OCH3 is 1. The lowest BCUT2D eigenvalue weighted by Gasteiger charge is -2.29. The summed E-state index contributed by atoms with van der Waals surface area (Å²) in [5.41, 5.74) is 5.67. The number of hydrogen-bond donors (Lipinski definition) is 1. The molecule has 0 aliphatic heterocycles. The molecule has 0 amide bonds. The molecule has 0 bridgehead atoms. The second-order valence-corrected chi connectivity index (χ2v) is 4.10. The summed E-state index contributed by atoms with van der Waals surface area (Å²) in [6.07, 6.45) is 2.38. The van der Waals surface area contributed by atoms with E-state index in [0.29, 0.717) is 5.92 Å². The van der Waals surface area contributed by atoms with Gasteiger partial charge in [0.15, 0.2) is 0 Å². The molecule has 0 radical (unpaired) electrons. The van der Waals surface area contributed by atoms with E-state index in [1.54, 1.807) is 0 Å². The number of hydrogen-bond acceptors (Lipinski definition) is 3. The van der Waals surface area contributed by atoms with E-state index in [1.807, 2.05) is 13.8 Å². The fourth-order valence-electron chi connectivity index (χ4n) is 1.51. The summed E-state index contributed by atoms with van der Waals surface area (Å²) in [5.74, 6) is 0.304. The first-order chi connectivity index (χ1) is 5.50. The fraction of sp³-hybridized carbons (Fsp3) is 0.889. The van der Waals surface area contributed by atoms with Crippen molar-refractivity contribution in [2.24, 2.45) is 17.1 Å². The first kappa shape index (κ1) is 9.52. The van der Waals surface area contributed by atoms with Gasteiger partial charge in [-0.15, -0.1) is 0 Å². The summed E-state index contributed by atoms with van der Waals surface area (Å²) in [4.78, 5) is 11.1. The van der Waals surface area contributed by atoms with Gasteiger partial charge in [0.1, 0.15) is 6.04 Å². The van der Waals surface area contributed by atoms with Crippen molar-refractivity contribution in [2.45, 2.75) is 32.7 Å². The summed E-state index contributed by atoms with van der Waals surface area (Å²) >= 11 is 0. The van der Waals surface area contributed by atoms with Gasteiger partial charge in [-0.05, 0) is 24.2 Å². The maximum Gasteiger partial charge on any atom is 0.323 e. The predicted octanol–water partition coefficient (Wildman–Crippen LogP) is 0.923. The normalized spacial score (nSPS) is 20.3. The van der Waals surface area contributed by atoms with Gasteiger partial charge in [-0.2, -0.15) is 0 Å². The summed E-state index contributed by atoms with van der Waals surface area (Å²) in [5, 5.41) is 0. The molecule has 0 aromatic carbocycles. The second kappa shape index (κ2) is 3.05. The molecule has 3 heteroatoms. The van der Waals surface area contributed by atoms with Gasteiger partial charge in [-0.3, -0.25) is 4.79 Å². The average molecular weight is 171 g/mol. The zero-order valence-electron chi connectivity index (χ0n) is 7.96. The molecule has 12 heavy (non-hydrogen) atoms. The molecule has 3 nitrogen and oxygen atoms in total. The molecule has 0 spiro atoms. The summed E-state index contributed by atoms with van der Waals surface area (Å²) in [6, 6.07) is -0.477. The molecule has 0 heterocycles. The number of rotatable bonds is 3. The average Bonchev–Trinajstić information content (AvgIpc) is 2.83. The molecule has 0 saturated heterocycles. The highest BCUT2D eigenvalue weighted by atomic mass is 16.5. The lowest BCUT2D eigenvalue weighted by atomic mass is 9.80. The predicted molar refractivity (Wildman–Crippen MR) is 46.5 cm³/mol. The Hall–Kier alpha value is -0.570. The lowest BCUT2D eigenvalue weighted by molar-refractivity contribution is -0.145. The Bertz CT molecular complexity index is 185. The highest BCUT2D eigenvalue weighted by Crippen LogP contribution is 2.46. The van der Waals surface area contributed by atoms with E-state index >= 15 is 0 Å². The quantitative estimate of drug-likeness (QED) is 0.642. The zero-order valence-corrected chi connectivity index (χ0v) is 7.96. The number of nitrogens with two attached hydrogens (primary N) is 1. The third-order valence-electron chi connectivity index (χ3n) is 2.89. The van der Waals surface area contributed by atoms with E-state index in [4.69, 9.17) is 5.73 Å². The highest BCUT2D eigenvalue weighted by molar-refractivity contribution is 5.76. The van der Waals surface area contributed by atoms with Crippen molar-refractivity contribution in [3.8, 4) is 0 Å².